The Kier molecular flexibility index (Phi) is 6.50. The molecule has 0 N–H and O–H groups in total. The fourth-order valence-corrected chi connectivity index (χ4v) is 1.87. The molecule has 0 fully saturated rings. The van der Waals surface area contributed by atoms with Gasteiger partial charge in [0, 0.05) is 10.6 Å². The topological polar surface area (TPSA) is 40.1 Å². The van der Waals surface area contributed by atoms with Gasteiger partial charge in [0.1, 0.15) is 0 Å². The van der Waals surface area contributed by atoms with Crippen LogP contribution in [0.15, 0.2) is 54.1 Å². The number of hydrogen-bond acceptors (Lipinski definition) is 2. The zero-order chi connectivity index (χ0) is 13.8. The van der Waals surface area contributed by atoms with Gasteiger partial charge in [-0.1, -0.05) is 53.7 Å². The van der Waals surface area contributed by atoms with Crippen LogP contribution in [0.25, 0.3) is 6.08 Å². The summed E-state index contributed by atoms with van der Waals surface area (Å²) < 4.78 is 0. The van der Waals surface area contributed by atoms with Crippen LogP contribution in [0.4, 0.5) is 0 Å². The molecule has 0 bridgehead atoms. The van der Waals surface area contributed by atoms with Crippen molar-refractivity contribution in [3.63, 3.8) is 0 Å². The van der Waals surface area contributed by atoms with Gasteiger partial charge in [-0.25, -0.2) is 0 Å². The average molecular weight is 295 g/mol. The maximum Gasteiger partial charge on any atom is 1.00 e. The summed E-state index contributed by atoms with van der Waals surface area (Å²) in [5.74, 6) is -0.503. The second kappa shape index (κ2) is 7.65. The third kappa shape index (κ3) is 4.22. The van der Waals surface area contributed by atoms with Gasteiger partial charge < -0.3 is 5.11 Å². The minimum Gasteiger partial charge on any atom is -0.872 e. The Morgan fingerprint density at radius 1 is 1.10 bits per heavy atom. The first-order valence-corrected chi connectivity index (χ1v) is 6.20. The standard InChI is InChI=1S/C16H13ClO2.Na/c1-11(10-12-6-8-13(17)9-7-12)16(19)14-4-2-3-5-15(14)18;/h2-10,18H,1H3;/q;+1/p-1/b11-10+;. The van der Waals surface area contributed by atoms with Gasteiger partial charge in [0.15, 0.2) is 5.78 Å². The molecule has 2 aromatic rings. The Morgan fingerprint density at radius 2 is 1.70 bits per heavy atom. The maximum absolute atomic E-state index is 12.1. The number of Topliss-reactive ketones (excluding diaryl/α,β-unsaturated/α-hetero) is 1. The van der Waals surface area contributed by atoms with Gasteiger partial charge in [-0.15, -0.1) is 0 Å². The summed E-state index contributed by atoms with van der Waals surface area (Å²) in [6.45, 7) is 1.70. The van der Waals surface area contributed by atoms with Crippen molar-refractivity contribution < 1.29 is 39.5 Å². The Balaban J connectivity index is 0.00000200. The number of benzene rings is 2. The molecule has 0 saturated carbocycles. The molecule has 2 rings (SSSR count). The number of para-hydroxylation sites is 1. The van der Waals surface area contributed by atoms with Crippen LogP contribution in [0.2, 0.25) is 5.02 Å². The molecule has 0 heterocycles. The van der Waals surface area contributed by atoms with E-state index >= 15 is 0 Å². The van der Waals surface area contributed by atoms with E-state index in [9.17, 15) is 9.90 Å². The fraction of sp³-hybridized carbons (Fsp3) is 0.0625. The molecule has 0 radical (unpaired) electrons. The second-order valence-corrected chi connectivity index (χ2v) is 4.64. The largest absolute Gasteiger partial charge is 1.00 e. The van der Waals surface area contributed by atoms with Gasteiger partial charge in [-0.05, 0) is 36.3 Å². The molecule has 0 unspecified atom stereocenters. The number of rotatable bonds is 3. The predicted octanol–water partition coefficient (Wildman–Crippen LogP) is 0.704. The van der Waals surface area contributed by atoms with E-state index in [-0.39, 0.29) is 46.7 Å². The molecule has 0 aliphatic heterocycles. The first kappa shape index (κ1) is 17.0. The quantitative estimate of drug-likeness (QED) is 0.475. The smallest absolute Gasteiger partial charge is 0.872 e. The Labute approximate surface area is 145 Å². The molecule has 0 aliphatic rings. The van der Waals surface area contributed by atoms with Crippen LogP contribution in [-0.4, -0.2) is 5.78 Å². The van der Waals surface area contributed by atoms with Crippen molar-refractivity contribution in [2.24, 2.45) is 0 Å². The average Bonchev–Trinajstić information content (AvgIpc) is 2.41. The Hall–Kier alpha value is -1.06. The Morgan fingerprint density at radius 3 is 2.30 bits per heavy atom. The van der Waals surface area contributed by atoms with Crippen molar-refractivity contribution in [1.82, 2.24) is 0 Å². The van der Waals surface area contributed by atoms with Crippen LogP contribution < -0.4 is 34.7 Å². The van der Waals surface area contributed by atoms with E-state index in [1.165, 1.54) is 6.07 Å². The third-order valence-corrected chi connectivity index (χ3v) is 2.99. The molecule has 0 atom stereocenters. The number of halogens is 1. The molecule has 0 aliphatic carbocycles. The maximum atomic E-state index is 12.1. The van der Waals surface area contributed by atoms with E-state index in [0.717, 1.165) is 5.56 Å². The van der Waals surface area contributed by atoms with Gasteiger partial charge in [0.2, 0.25) is 0 Å². The third-order valence-electron chi connectivity index (χ3n) is 2.74. The van der Waals surface area contributed by atoms with Crippen LogP contribution in [0.1, 0.15) is 22.8 Å². The van der Waals surface area contributed by atoms with Crippen LogP contribution in [-0.2, 0) is 0 Å². The van der Waals surface area contributed by atoms with Gasteiger partial charge in [-0.2, -0.15) is 0 Å². The molecular weight excluding hydrogens is 283 g/mol. The van der Waals surface area contributed by atoms with E-state index in [1.54, 1.807) is 43.3 Å². The SMILES string of the molecule is C/C(=C\c1ccc(Cl)cc1)C(=O)c1ccccc1[O-].[Na+]. The van der Waals surface area contributed by atoms with Crippen molar-refractivity contribution in [3.05, 3.63) is 70.3 Å². The molecule has 0 amide bonds. The van der Waals surface area contributed by atoms with E-state index in [1.807, 2.05) is 12.1 Å². The van der Waals surface area contributed by atoms with Crippen LogP contribution in [0.3, 0.4) is 0 Å². The van der Waals surface area contributed by atoms with Crippen molar-refractivity contribution in [1.29, 1.82) is 0 Å². The van der Waals surface area contributed by atoms with Crippen LogP contribution in [0, 0.1) is 0 Å². The van der Waals surface area contributed by atoms with E-state index in [0.29, 0.717) is 10.6 Å². The van der Waals surface area contributed by atoms with Crippen molar-refractivity contribution in [2.45, 2.75) is 6.92 Å². The first-order chi connectivity index (χ1) is 9.08. The second-order valence-electron chi connectivity index (χ2n) is 4.20. The van der Waals surface area contributed by atoms with Gasteiger partial charge in [0.25, 0.3) is 0 Å². The zero-order valence-electron chi connectivity index (χ0n) is 11.4. The molecule has 96 valence electrons. The van der Waals surface area contributed by atoms with Crippen LogP contribution >= 0.6 is 11.6 Å². The van der Waals surface area contributed by atoms with Crippen LogP contribution in [0.5, 0.6) is 5.75 Å². The van der Waals surface area contributed by atoms with E-state index < -0.39 is 0 Å². The molecule has 20 heavy (non-hydrogen) atoms. The van der Waals surface area contributed by atoms with Crippen molar-refractivity contribution >= 4 is 23.5 Å². The summed E-state index contributed by atoms with van der Waals surface area (Å²) in [5, 5.41) is 12.2. The zero-order valence-corrected chi connectivity index (χ0v) is 14.1. The summed E-state index contributed by atoms with van der Waals surface area (Å²) in [5.41, 5.74) is 1.59. The molecule has 2 aromatic carbocycles. The first-order valence-electron chi connectivity index (χ1n) is 5.82. The summed E-state index contributed by atoms with van der Waals surface area (Å²) >= 11 is 5.80. The molecule has 4 heteroatoms. The number of carbonyl (C=O) groups excluding carboxylic acids is 1. The van der Waals surface area contributed by atoms with E-state index in [2.05, 4.69) is 0 Å². The number of ketones is 1. The summed E-state index contributed by atoms with van der Waals surface area (Å²) in [4.78, 5) is 12.1. The molecular formula is C16H12ClNaO2. The number of hydrogen-bond donors (Lipinski definition) is 0. The minimum atomic E-state index is -0.253. The van der Waals surface area contributed by atoms with Gasteiger partial charge in [0.05, 0.1) is 0 Å². The number of carbonyl (C=O) groups is 1. The Bertz CT molecular complexity index is 633. The molecule has 0 saturated heterocycles. The van der Waals surface area contributed by atoms with E-state index in [4.69, 9.17) is 11.6 Å². The normalized spacial score (nSPS) is 10.8. The monoisotopic (exact) mass is 294 g/mol. The summed E-state index contributed by atoms with van der Waals surface area (Å²) in [6, 6.07) is 13.4. The van der Waals surface area contributed by atoms with Gasteiger partial charge in [-0.3, -0.25) is 4.79 Å². The number of allylic oxidation sites excluding steroid dienone is 1. The minimum absolute atomic E-state index is 0. The van der Waals surface area contributed by atoms with Crippen molar-refractivity contribution in [3.8, 4) is 5.75 Å². The molecule has 2 nitrogen and oxygen atoms in total. The van der Waals surface area contributed by atoms with Gasteiger partial charge >= 0.3 is 29.6 Å². The molecule has 0 spiro atoms. The van der Waals surface area contributed by atoms with Crippen molar-refractivity contribution in [2.75, 3.05) is 0 Å². The predicted molar refractivity (Wildman–Crippen MR) is 75.3 cm³/mol. The fourth-order valence-electron chi connectivity index (χ4n) is 1.74. The summed E-state index contributed by atoms with van der Waals surface area (Å²) in [6.07, 6.45) is 1.74. The summed E-state index contributed by atoms with van der Waals surface area (Å²) in [7, 11) is 0. The molecule has 0 aromatic heterocycles.